The Balaban J connectivity index is 2.95. The molecule has 21 heavy (non-hydrogen) atoms. The highest BCUT2D eigenvalue weighted by Gasteiger charge is 2.22. The number of amides is 1. The Morgan fingerprint density at radius 2 is 2.05 bits per heavy atom. The summed E-state index contributed by atoms with van der Waals surface area (Å²) < 4.78 is 4.90. The summed E-state index contributed by atoms with van der Waals surface area (Å²) >= 11 is 6.06. The number of carbonyl (C=O) groups is 2. The summed E-state index contributed by atoms with van der Waals surface area (Å²) in [7, 11) is 0. The highest BCUT2D eigenvalue weighted by molar-refractivity contribution is 6.34. The fraction of sp³-hybridized carbons (Fsp3) is 0.467. The number of nitrogens with zero attached hydrogens (tertiary/aromatic N) is 1. The Labute approximate surface area is 130 Å². The second-order valence-electron chi connectivity index (χ2n) is 5.12. The summed E-state index contributed by atoms with van der Waals surface area (Å²) in [5.41, 5.74) is 6.43. The molecule has 0 heterocycles. The number of benzene rings is 1. The maximum Gasteiger partial charge on any atom is 0.325 e. The van der Waals surface area contributed by atoms with Crippen LogP contribution in [0, 0.1) is 5.92 Å². The Morgan fingerprint density at radius 3 is 2.57 bits per heavy atom. The number of carbonyl (C=O) groups excluding carboxylic acids is 2. The first kappa shape index (κ1) is 17.3. The molecule has 5 nitrogen and oxygen atoms in total. The lowest BCUT2D eigenvalue weighted by Gasteiger charge is -2.24. The van der Waals surface area contributed by atoms with Gasteiger partial charge >= 0.3 is 5.97 Å². The second-order valence-corrected chi connectivity index (χ2v) is 5.53. The summed E-state index contributed by atoms with van der Waals surface area (Å²) in [5, 5.41) is 0.276. The van der Waals surface area contributed by atoms with Crippen LogP contribution in [-0.2, 0) is 9.53 Å². The van der Waals surface area contributed by atoms with Crippen molar-refractivity contribution in [2.75, 3.05) is 25.4 Å². The Kier molecular flexibility index (Phi) is 6.49. The third kappa shape index (κ3) is 5.27. The van der Waals surface area contributed by atoms with Crippen LogP contribution in [0.25, 0.3) is 0 Å². The van der Waals surface area contributed by atoms with E-state index in [1.165, 1.54) is 11.0 Å². The van der Waals surface area contributed by atoms with Crippen LogP contribution in [0.15, 0.2) is 18.2 Å². The van der Waals surface area contributed by atoms with Gasteiger partial charge in [-0.05, 0) is 31.0 Å². The first-order chi connectivity index (χ1) is 9.85. The quantitative estimate of drug-likeness (QED) is 0.647. The molecule has 0 saturated heterocycles. The first-order valence-electron chi connectivity index (χ1n) is 6.85. The molecule has 0 saturated carbocycles. The number of rotatable bonds is 6. The third-order valence-electron chi connectivity index (χ3n) is 2.72. The minimum atomic E-state index is -0.432. The van der Waals surface area contributed by atoms with Gasteiger partial charge in [-0.15, -0.1) is 0 Å². The minimum absolute atomic E-state index is 0.0917. The highest BCUT2D eigenvalue weighted by atomic mass is 35.5. The average molecular weight is 313 g/mol. The van der Waals surface area contributed by atoms with Gasteiger partial charge in [-0.3, -0.25) is 9.59 Å². The zero-order valence-electron chi connectivity index (χ0n) is 12.6. The number of hydrogen-bond acceptors (Lipinski definition) is 4. The fourth-order valence-corrected chi connectivity index (χ4v) is 2.17. The number of esters is 1. The topological polar surface area (TPSA) is 72.6 Å². The standard InChI is InChI=1S/C15H21ClN2O3/c1-4-21-14(19)9-18(8-10(2)3)15(20)12-6-5-11(17)7-13(12)16/h5-7,10H,4,8-9,17H2,1-3H3. The van der Waals surface area contributed by atoms with Crippen molar-refractivity contribution in [3.63, 3.8) is 0 Å². The van der Waals surface area contributed by atoms with Crippen molar-refractivity contribution in [3.8, 4) is 0 Å². The van der Waals surface area contributed by atoms with E-state index < -0.39 is 5.97 Å². The molecule has 6 heteroatoms. The smallest absolute Gasteiger partial charge is 0.325 e. The molecule has 2 N–H and O–H groups in total. The Hall–Kier alpha value is -1.75. The van der Waals surface area contributed by atoms with E-state index in [1.807, 2.05) is 13.8 Å². The number of hydrogen-bond donors (Lipinski definition) is 1. The molecule has 0 aliphatic carbocycles. The van der Waals surface area contributed by atoms with E-state index in [1.54, 1.807) is 19.1 Å². The van der Waals surface area contributed by atoms with Gasteiger partial charge in [0.05, 0.1) is 17.2 Å². The van der Waals surface area contributed by atoms with Gasteiger partial charge in [0.15, 0.2) is 0 Å². The van der Waals surface area contributed by atoms with E-state index in [9.17, 15) is 9.59 Å². The van der Waals surface area contributed by atoms with Crippen molar-refractivity contribution in [1.82, 2.24) is 4.90 Å². The molecule has 0 aromatic heterocycles. The molecule has 0 aliphatic rings. The van der Waals surface area contributed by atoms with Crippen LogP contribution in [0.5, 0.6) is 0 Å². The van der Waals surface area contributed by atoms with Crippen molar-refractivity contribution in [2.45, 2.75) is 20.8 Å². The predicted octanol–water partition coefficient (Wildman–Crippen LogP) is 2.58. The van der Waals surface area contributed by atoms with Crippen molar-refractivity contribution in [2.24, 2.45) is 5.92 Å². The largest absolute Gasteiger partial charge is 0.465 e. The summed E-state index contributed by atoms with van der Waals surface area (Å²) in [5.74, 6) is -0.518. The maximum atomic E-state index is 12.5. The zero-order chi connectivity index (χ0) is 16.0. The lowest BCUT2D eigenvalue weighted by atomic mass is 10.1. The first-order valence-corrected chi connectivity index (χ1v) is 7.22. The molecule has 0 bridgehead atoms. The maximum absolute atomic E-state index is 12.5. The van der Waals surface area contributed by atoms with Gasteiger partial charge in [0.1, 0.15) is 6.54 Å². The van der Waals surface area contributed by atoms with E-state index in [-0.39, 0.29) is 30.0 Å². The normalized spacial score (nSPS) is 10.5. The molecule has 0 aliphatic heterocycles. The monoisotopic (exact) mass is 312 g/mol. The molecule has 1 aromatic rings. The molecular formula is C15H21ClN2O3. The summed E-state index contributed by atoms with van der Waals surface area (Å²) in [4.78, 5) is 25.6. The molecular weight excluding hydrogens is 292 g/mol. The van der Waals surface area contributed by atoms with Crippen LogP contribution in [0.1, 0.15) is 31.1 Å². The number of anilines is 1. The molecule has 1 rings (SSSR count). The van der Waals surface area contributed by atoms with E-state index in [0.29, 0.717) is 17.8 Å². The van der Waals surface area contributed by atoms with Gasteiger partial charge in [0.25, 0.3) is 5.91 Å². The lowest BCUT2D eigenvalue weighted by molar-refractivity contribution is -0.143. The molecule has 1 aromatic carbocycles. The third-order valence-corrected chi connectivity index (χ3v) is 3.03. The van der Waals surface area contributed by atoms with Crippen LogP contribution < -0.4 is 5.73 Å². The number of nitrogens with two attached hydrogens (primary N) is 1. The van der Waals surface area contributed by atoms with E-state index in [0.717, 1.165) is 0 Å². The van der Waals surface area contributed by atoms with Gasteiger partial charge in [-0.25, -0.2) is 0 Å². The van der Waals surface area contributed by atoms with Crippen molar-refractivity contribution >= 4 is 29.2 Å². The van der Waals surface area contributed by atoms with E-state index >= 15 is 0 Å². The molecule has 0 radical (unpaired) electrons. The van der Waals surface area contributed by atoms with Crippen LogP contribution >= 0.6 is 11.6 Å². The van der Waals surface area contributed by atoms with Crippen LogP contribution in [0.3, 0.4) is 0 Å². The molecule has 116 valence electrons. The summed E-state index contributed by atoms with van der Waals surface area (Å²) in [6.07, 6.45) is 0. The van der Waals surface area contributed by atoms with E-state index in [4.69, 9.17) is 22.1 Å². The van der Waals surface area contributed by atoms with E-state index in [2.05, 4.69) is 0 Å². The second kappa shape index (κ2) is 7.88. The Bertz CT molecular complexity index is 518. The molecule has 0 spiro atoms. The highest BCUT2D eigenvalue weighted by Crippen LogP contribution is 2.21. The number of halogens is 1. The molecule has 0 atom stereocenters. The minimum Gasteiger partial charge on any atom is -0.465 e. The lowest BCUT2D eigenvalue weighted by Crippen LogP contribution is -2.39. The molecule has 0 unspecified atom stereocenters. The van der Waals surface area contributed by atoms with Gasteiger partial charge in [-0.1, -0.05) is 25.4 Å². The number of ether oxygens (including phenoxy) is 1. The summed E-state index contributed by atoms with van der Waals surface area (Å²) in [6, 6.07) is 4.70. The van der Waals surface area contributed by atoms with Crippen molar-refractivity contribution in [1.29, 1.82) is 0 Å². The van der Waals surface area contributed by atoms with Gasteiger partial charge in [0, 0.05) is 12.2 Å². The SMILES string of the molecule is CCOC(=O)CN(CC(C)C)C(=O)c1ccc(N)cc1Cl. The van der Waals surface area contributed by atoms with Gasteiger partial charge in [-0.2, -0.15) is 0 Å². The van der Waals surface area contributed by atoms with Gasteiger partial charge < -0.3 is 15.4 Å². The van der Waals surface area contributed by atoms with Crippen LogP contribution in [-0.4, -0.2) is 36.5 Å². The molecule has 0 fully saturated rings. The van der Waals surface area contributed by atoms with Crippen LogP contribution in [0.2, 0.25) is 5.02 Å². The van der Waals surface area contributed by atoms with Gasteiger partial charge in [0.2, 0.25) is 0 Å². The van der Waals surface area contributed by atoms with Crippen molar-refractivity contribution in [3.05, 3.63) is 28.8 Å². The predicted molar refractivity (Wildman–Crippen MR) is 83.2 cm³/mol. The van der Waals surface area contributed by atoms with Crippen molar-refractivity contribution < 1.29 is 14.3 Å². The molecule has 1 amide bonds. The summed E-state index contributed by atoms with van der Waals surface area (Å²) in [6.45, 7) is 6.30. The fourth-order valence-electron chi connectivity index (χ4n) is 1.90. The Morgan fingerprint density at radius 1 is 1.38 bits per heavy atom. The zero-order valence-corrected chi connectivity index (χ0v) is 13.3. The number of nitrogen functional groups attached to an aromatic ring is 1. The van der Waals surface area contributed by atoms with Crippen LogP contribution in [0.4, 0.5) is 5.69 Å². The average Bonchev–Trinajstić information content (AvgIpc) is 2.37.